The molecule has 142 valence electrons. The van der Waals surface area contributed by atoms with Gasteiger partial charge < -0.3 is 5.32 Å². The molecule has 0 radical (unpaired) electrons. The Morgan fingerprint density at radius 1 is 1.00 bits per heavy atom. The molecule has 4 rings (SSSR count). The second kappa shape index (κ2) is 8.02. The maximum Gasteiger partial charge on any atom is 0.256 e. The Morgan fingerprint density at radius 3 is 2.46 bits per heavy atom. The lowest BCUT2D eigenvalue weighted by Crippen LogP contribution is -2.15. The Hall–Kier alpha value is -2.24. The summed E-state index contributed by atoms with van der Waals surface area (Å²) in [6.45, 7) is 1.92. The molecule has 2 aromatic carbocycles. The molecule has 0 aliphatic heterocycles. The first kappa shape index (κ1) is 19.1. The number of amides is 1. The average Bonchev–Trinajstić information content (AvgIpc) is 3.06. The standard InChI is InChI=1S/C23H20BrNO2S/c1-14-6-2-3-7-17(14)22(27)25-23-20(18-8-4-5-9-19(18)28-23)21(26)15-10-12-16(24)13-11-15/h2-3,6-7,10-13H,4-5,8-9H2,1H3,(H,25,27). The van der Waals surface area contributed by atoms with Crippen LogP contribution in [0.3, 0.4) is 0 Å². The fraction of sp³-hybridized carbons (Fsp3) is 0.217. The minimum atomic E-state index is -0.165. The third-order valence-corrected chi connectivity index (χ3v) is 6.86. The van der Waals surface area contributed by atoms with Crippen molar-refractivity contribution in [2.45, 2.75) is 32.6 Å². The Bertz CT molecular complexity index is 1050. The fourth-order valence-electron chi connectivity index (χ4n) is 3.64. The maximum absolute atomic E-state index is 13.3. The number of carbonyl (C=O) groups is 2. The van der Waals surface area contributed by atoms with Crippen LogP contribution in [0.4, 0.5) is 5.00 Å². The molecule has 5 heteroatoms. The number of fused-ring (bicyclic) bond motifs is 1. The topological polar surface area (TPSA) is 46.2 Å². The van der Waals surface area contributed by atoms with Crippen molar-refractivity contribution in [1.82, 2.24) is 0 Å². The van der Waals surface area contributed by atoms with Crippen molar-refractivity contribution in [3.8, 4) is 0 Å². The Balaban J connectivity index is 1.74. The number of hydrogen-bond donors (Lipinski definition) is 1. The Kier molecular flexibility index (Phi) is 5.47. The molecule has 0 atom stereocenters. The van der Waals surface area contributed by atoms with Gasteiger partial charge in [-0.1, -0.05) is 34.1 Å². The van der Waals surface area contributed by atoms with Gasteiger partial charge in [0.1, 0.15) is 5.00 Å². The lowest BCUT2D eigenvalue weighted by molar-refractivity contribution is 0.102. The summed E-state index contributed by atoms with van der Waals surface area (Å²) in [7, 11) is 0. The third-order valence-electron chi connectivity index (χ3n) is 5.12. The van der Waals surface area contributed by atoms with E-state index in [0.29, 0.717) is 21.7 Å². The number of carbonyl (C=O) groups excluding carboxylic acids is 2. The molecule has 1 heterocycles. The number of thiophene rings is 1. The van der Waals surface area contributed by atoms with Crippen molar-refractivity contribution < 1.29 is 9.59 Å². The number of aryl methyl sites for hydroxylation is 2. The van der Waals surface area contributed by atoms with Gasteiger partial charge in [0.2, 0.25) is 0 Å². The molecule has 0 bridgehead atoms. The largest absolute Gasteiger partial charge is 0.313 e. The van der Waals surface area contributed by atoms with Crippen LogP contribution >= 0.6 is 27.3 Å². The fourth-order valence-corrected chi connectivity index (χ4v) is 5.18. The molecular weight excluding hydrogens is 434 g/mol. The second-order valence-corrected chi connectivity index (χ2v) is 9.04. The number of benzene rings is 2. The molecule has 1 aromatic heterocycles. The van der Waals surface area contributed by atoms with E-state index in [1.54, 1.807) is 11.3 Å². The predicted molar refractivity (Wildman–Crippen MR) is 118 cm³/mol. The van der Waals surface area contributed by atoms with E-state index in [4.69, 9.17) is 0 Å². The number of rotatable bonds is 4. The van der Waals surface area contributed by atoms with E-state index < -0.39 is 0 Å². The Morgan fingerprint density at radius 2 is 1.71 bits per heavy atom. The zero-order valence-electron chi connectivity index (χ0n) is 15.5. The number of halogens is 1. The van der Waals surface area contributed by atoms with E-state index in [1.807, 2.05) is 55.5 Å². The van der Waals surface area contributed by atoms with Gasteiger partial charge in [-0.3, -0.25) is 9.59 Å². The zero-order chi connectivity index (χ0) is 19.7. The van der Waals surface area contributed by atoms with Crippen molar-refractivity contribution in [1.29, 1.82) is 0 Å². The summed E-state index contributed by atoms with van der Waals surface area (Å²) in [4.78, 5) is 27.4. The maximum atomic E-state index is 13.3. The zero-order valence-corrected chi connectivity index (χ0v) is 18.0. The number of anilines is 1. The van der Waals surface area contributed by atoms with Gasteiger partial charge in [0.15, 0.2) is 5.78 Å². The van der Waals surface area contributed by atoms with E-state index >= 15 is 0 Å². The van der Waals surface area contributed by atoms with Gasteiger partial charge >= 0.3 is 0 Å². The molecule has 1 amide bonds. The number of hydrogen-bond acceptors (Lipinski definition) is 3. The van der Waals surface area contributed by atoms with E-state index in [0.717, 1.165) is 41.3 Å². The van der Waals surface area contributed by atoms with Crippen LogP contribution in [-0.4, -0.2) is 11.7 Å². The molecule has 0 unspecified atom stereocenters. The van der Waals surface area contributed by atoms with E-state index in [-0.39, 0.29) is 11.7 Å². The summed E-state index contributed by atoms with van der Waals surface area (Å²) in [5, 5.41) is 3.71. The normalized spacial score (nSPS) is 13.1. The average molecular weight is 454 g/mol. The van der Waals surface area contributed by atoms with Gasteiger partial charge in [-0.15, -0.1) is 11.3 Å². The lowest BCUT2D eigenvalue weighted by atomic mass is 9.92. The van der Waals surface area contributed by atoms with Crippen LogP contribution in [0.1, 0.15) is 55.1 Å². The van der Waals surface area contributed by atoms with Crippen LogP contribution in [0.25, 0.3) is 0 Å². The first-order valence-corrected chi connectivity index (χ1v) is 11.0. The highest BCUT2D eigenvalue weighted by Gasteiger charge is 2.27. The van der Waals surface area contributed by atoms with E-state index in [2.05, 4.69) is 21.2 Å². The summed E-state index contributed by atoms with van der Waals surface area (Å²) < 4.78 is 0.935. The number of ketones is 1. The summed E-state index contributed by atoms with van der Waals surface area (Å²) in [6, 6.07) is 14.9. The van der Waals surface area contributed by atoms with Crippen LogP contribution in [0.2, 0.25) is 0 Å². The van der Waals surface area contributed by atoms with Crippen molar-refractivity contribution >= 4 is 44.0 Å². The summed E-state index contributed by atoms with van der Waals surface area (Å²) in [5.74, 6) is -0.187. The third kappa shape index (κ3) is 3.69. The molecule has 3 aromatic rings. The quantitative estimate of drug-likeness (QED) is 0.479. The predicted octanol–water partition coefficient (Wildman–Crippen LogP) is 6.18. The minimum absolute atomic E-state index is 0.0213. The van der Waals surface area contributed by atoms with E-state index in [9.17, 15) is 9.59 Å². The van der Waals surface area contributed by atoms with Gasteiger partial charge in [0.05, 0.1) is 5.56 Å². The highest BCUT2D eigenvalue weighted by atomic mass is 79.9. The first-order chi connectivity index (χ1) is 13.5. The molecule has 28 heavy (non-hydrogen) atoms. The molecule has 0 spiro atoms. The first-order valence-electron chi connectivity index (χ1n) is 9.36. The lowest BCUT2D eigenvalue weighted by Gasteiger charge is -2.13. The van der Waals surface area contributed by atoms with Crippen LogP contribution in [0.15, 0.2) is 53.0 Å². The van der Waals surface area contributed by atoms with Gasteiger partial charge in [-0.2, -0.15) is 0 Å². The van der Waals surface area contributed by atoms with Crippen molar-refractivity contribution in [3.05, 3.63) is 85.7 Å². The summed E-state index contributed by atoms with van der Waals surface area (Å²) in [5.41, 5.74) is 3.98. The van der Waals surface area contributed by atoms with Crippen molar-refractivity contribution in [2.24, 2.45) is 0 Å². The monoisotopic (exact) mass is 453 g/mol. The molecule has 0 fully saturated rings. The minimum Gasteiger partial charge on any atom is -0.313 e. The van der Waals surface area contributed by atoms with Crippen LogP contribution in [0.5, 0.6) is 0 Å². The smallest absolute Gasteiger partial charge is 0.256 e. The molecule has 0 saturated heterocycles. The summed E-state index contributed by atoms with van der Waals surface area (Å²) >= 11 is 4.97. The highest BCUT2D eigenvalue weighted by Crippen LogP contribution is 2.39. The van der Waals surface area contributed by atoms with Crippen molar-refractivity contribution in [3.63, 3.8) is 0 Å². The summed E-state index contributed by atoms with van der Waals surface area (Å²) in [6.07, 6.45) is 4.07. The van der Waals surface area contributed by atoms with Crippen molar-refractivity contribution in [2.75, 3.05) is 5.32 Å². The SMILES string of the molecule is Cc1ccccc1C(=O)Nc1sc2c(c1C(=O)c1ccc(Br)cc1)CCCC2. The van der Waals surface area contributed by atoms with Gasteiger partial charge in [0, 0.05) is 20.5 Å². The molecular formula is C23H20BrNO2S. The molecule has 1 N–H and O–H groups in total. The molecule has 1 aliphatic rings. The van der Waals surface area contributed by atoms with E-state index in [1.165, 1.54) is 4.88 Å². The van der Waals surface area contributed by atoms with Crippen LogP contribution < -0.4 is 5.32 Å². The number of nitrogens with one attached hydrogen (secondary N) is 1. The van der Waals surface area contributed by atoms with Gasteiger partial charge in [-0.25, -0.2) is 0 Å². The molecule has 3 nitrogen and oxygen atoms in total. The van der Waals surface area contributed by atoms with Crippen LogP contribution in [-0.2, 0) is 12.8 Å². The highest BCUT2D eigenvalue weighted by molar-refractivity contribution is 9.10. The molecule has 1 aliphatic carbocycles. The van der Waals surface area contributed by atoms with Gasteiger partial charge in [-0.05, 0) is 74.1 Å². The second-order valence-electron chi connectivity index (χ2n) is 7.02. The van der Waals surface area contributed by atoms with Crippen LogP contribution in [0, 0.1) is 6.92 Å². The van der Waals surface area contributed by atoms with Gasteiger partial charge in [0.25, 0.3) is 5.91 Å². The Labute approximate surface area is 176 Å². The molecule has 0 saturated carbocycles.